The molecule has 2 aromatic carbocycles. The lowest BCUT2D eigenvalue weighted by Crippen LogP contribution is -2.08. The van der Waals surface area contributed by atoms with Crippen molar-refractivity contribution in [2.45, 2.75) is 12.8 Å². The van der Waals surface area contributed by atoms with E-state index in [9.17, 15) is 14.6 Å². The molecule has 4 nitrogen and oxygen atoms in total. The van der Waals surface area contributed by atoms with Crippen molar-refractivity contribution >= 4 is 0 Å². The highest BCUT2D eigenvalue weighted by Crippen LogP contribution is 2.28. The molecule has 0 bridgehead atoms. The van der Waals surface area contributed by atoms with Gasteiger partial charge in [0.05, 0.1) is 7.11 Å². The zero-order valence-electron chi connectivity index (χ0n) is 15.0. The molecule has 27 heavy (non-hydrogen) atoms. The number of aliphatic hydroxyl groups excluding tert-OH is 2. The maximum Gasteiger partial charge on any atom is 0.165 e. The van der Waals surface area contributed by atoms with E-state index in [-0.39, 0.29) is 18.1 Å². The van der Waals surface area contributed by atoms with E-state index in [1.165, 1.54) is 19.3 Å². The van der Waals surface area contributed by atoms with Gasteiger partial charge >= 0.3 is 0 Å². The van der Waals surface area contributed by atoms with Crippen molar-refractivity contribution in [3.05, 3.63) is 89.4 Å². The quantitative estimate of drug-likeness (QED) is 0.778. The van der Waals surface area contributed by atoms with Crippen molar-refractivity contribution in [3.63, 3.8) is 0 Å². The molecule has 0 fully saturated rings. The summed E-state index contributed by atoms with van der Waals surface area (Å²) in [6, 6.07) is 12.6. The van der Waals surface area contributed by atoms with E-state index in [1.54, 1.807) is 6.07 Å². The lowest BCUT2D eigenvalue weighted by molar-refractivity contribution is 0.190. The van der Waals surface area contributed by atoms with E-state index in [1.807, 2.05) is 30.3 Å². The first kappa shape index (κ1) is 18.7. The fourth-order valence-corrected chi connectivity index (χ4v) is 2.89. The number of halogens is 1. The zero-order valence-corrected chi connectivity index (χ0v) is 15.0. The summed E-state index contributed by atoms with van der Waals surface area (Å²) in [7, 11) is 1.44. The standard InChI is InChI=1S/C22H21FO4/c1-14-11-18(13-24)27-21(22(14)25)9-5-15-3-6-16(7-4-15)17-8-10-20(26-2)19(23)12-17/h3-4,6-8,10-12,24-25H,1,5,9,13H2,2H3. The van der Waals surface area contributed by atoms with E-state index in [0.717, 1.165) is 16.7 Å². The highest BCUT2D eigenvalue weighted by molar-refractivity contribution is 5.64. The molecule has 0 saturated carbocycles. The van der Waals surface area contributed by atoms with Gasteiger partial charge in [-0.2, -0.15) is 0 Å². The second kappa shape index (κ2) is 8.10. The predicted molar refractivity (Wildman–Crippen MR) is 102 cm³/mol. The molecule has 0 amide bonds. The normalized spacial score (nSPS) is 14.0. The van der Waals surface area contributed by atoms with Crippen LogP contribution in [0, 0.1) is 5.82 Å². The average Bonchev–Trinajstić information content (AvgIpc) is 2.69. The largest absolute Gasteiger partial charge is 0.504 e. The van der Waals surface area contributed by atoms with Crippen LogP contribution in [0.15, 0.2) is 78.0 Å². The van der Waals surface area contributed by atoms with Crippen LogP contribution >= 0.6 is 0 Å². The van der Waals surface area contributed by atoms with E-state index < -0.39 is 5.82 Å². The van der Waals surface area contributed by atoms with E-state index >= 15 is 0 Å². The summed E-state index contributed by atoms with van der Waals surface area (Å²) in [6.45, 7) is 3.50. The maximum absolute atomic E-state index is 13.9. The SMILES string of the molecule is C=C1C=C(CO)OC(CCc2ccc(-c3ccc(OC)c(F)c3)cc2)=C1O. The molecular formula is C22H21FO4. The van der Waals surface area contributed by atoms with Gasteiger partial charge in [0.25, 0.3) is 0 Å². The second-order valence-electron chi connectivity index (χ2n) is 6.21. The van der Waals surface area contributed by atoms with Gasteiger partial charge < -0.3 is 19.7 Å². The van der Waals surface area contributed by atoms with Gasteiger partial charge in [-0.15, -0.1) is 0 Å². The molecule has 5 heteroatoms. The topological polar surface area (TPSA) is 58.9 Å². The molecule has 0 aromatic heterocycles. The van der Waals surface area contributed by atoms with Crippen LogP contribution in [-0.4, -0.2) is 23.9 Å². The van der Waals surface area contributed by atoms with Crippen molar-refractivity contribution < 1.29 is 24.1 Å². The van der Waals surface area contributed by atoms with Gasteiger partial charge in [0.2, 0.25) is 0 Å². The van der Waals surface area contributed by atoms with Crippen LogP contribution < -0.4 is 4.74 Å². The zero-order chi connectivity index (χ0) is 19.4. The lowest BCUT2D eigenvalue weighted by Gasteiger charge is -2.19. The molecule has 140 valence electrons. The first-order valence-electron chi connectivity index (χ1n) is 8.55. The summed E-state index contributed by atoms with van der Waals surface area (Å²) in [6.07, 6.45) is 2.63. The maximum atomic E-state index is 13.9. The number of hydrogen-bond acceptors (Lipinski definition) is 4. The number of aliphatic hydroxyl groups is 2. The van der Waals surface area contributed by atoms with Crippen molar-refractivity contribution in [3.8, 4) is 16.9 Å². The molecule has 2 aromatic rings. The Labute approximate surface area is 157 Å². The molecule has 1 aliphatic rings. The molecule has 2 N–H and O–H groups in total. The Kier molecular flexibility index (Phi) is 5.62. The van der Waals surface area contributed by atoms with E-state index in [4.69, 9.17) is 9.47 Å². The third-order valence-electron chi connectivity index (χ3n) is 4.39. The Hall–Kier alpha value is -3.05. The molecule has 1 aliphatic heterocycles. The number of allylic oxidation sites excluding steroid dienone is 2. The van der Waals surface area contributed by atoms with Crippen LogP contribution in [0.4, 0.5) is 4.39 Å². The van der Waals surface area contributed by atoms with Gasteiger partial charge in [0.15, 0.2) is 17.3 Å². The lowest BCUT2D eigenvalue weighted by atomic mass is 10.0. The minimum absolute atomic E-state index is 0.0116. The van der Waals surface area contributed by atoms with Gasteiger partial charge in [-0.3, -0.25) is 0 Å². The first-order chi connectivity index (χ1) is 13.0. The molecule has 0 radical (unpaired) electrons. The average molecular weight is 368 g/mol. The minimum Gasteiger partial charge on any atom is -0.504 e. The Morgan fingerprint density at radius 2 is 1.78 bits per heavy atom. The van der Waals surface area contributed by atoms with Crippen LogP contribution in [0.2, 0.25) is 0 Å². The molecule has 0 saturated heterocycles. The molecule has 0 aliphatic carbocycles. The number of methoxy groups -OCH3 is 1. The van der Waals surface area contributed by atoms with Gasteiger partial charge in [0, 0.05) is 12.0 Å². The van der Waals surface area contributed by atoms with E-state index in [0.29, 0.717) is 29.9 Å². The Morgan fingerprint density at radius 3 is 2.41 bits per heavy atom. The first-order valence-corrected chi connectivity index (χ1v) is 8.55. The number of ether oxygens (including phenoxy) is 2. The predicted octanol–water partition coefficient (Wildman–Crippen LogP) is 4.67. The summed E-state index contributed by atoms with van der Waals surface area (Å²) in [5.74, 6) is 0.591. The van der Waals surface area contributed by atoms with Crippen LogP contribution in [0.25, 0.3) is 11.1 Å². The molecule has 3 rings (SSSR count). The third-order valence-corrected chi connectivity index (χ3v) is 4.39. The summed E-state index contributed by atoms with van der Waals surface area (Å²) < 4.78 is 24.3. The van der Waals surface area contributed by atoms with Crippen LogP contribution in [0.5, 0.6) is 5.75 Å². The van der Waals surface area contributed by atoms with Crippen molar-refractivity contribution in [1.82, 2.24) is 0 Å². The highest BCUT2D eigenvalue weighted by Gasteiger charge is 2.17. The molecule has 0 unspecified atom stereocenters. The molecule has 0 spiro atoms. The van der Waals surface area contributed by atoms with E-state index in [2.05, 4.69) is 6.58 Å². The molecule has 1 heterocycles. The minimum atomic E-state index is -0.399. The highest BCUT2D eigenvalue weighted by atomic mass is 19.1. The van der Waals surface area contributed by atoms with Gasteiger partial charge in [-0.05, 0) is 41.3 Å². The van der Waals surface area contributed by atoms with Crippen LogP contribution in [0.3, 0.4) is 0 Å². The Morgan fingerprint density at radius 1 is 1.07 bits per heavy atom. The molecule has 0 atom stereocenters. The van der Waals surface area contributed by atoms with Gasteiger partial charge in [-0.1, -0.05) is 36.9 Å². The van der Waals surface area contributed by atoms with Crippen LogP contribution in [-0.2, 0) is 11.2 Å². The van der Waals surface area contributed by atoms with Crippen molar-refractivity contribution in [2.75, 3.05) is 13.7 Å². The second-order valence-corrected chi connectivity index (χ2v) is 6.21. The summed E-state index contributed by atoms with van der Waals surface area (Å²) in [5.41, 5.74) is 3.14. The summed E-state index contributed by atoms with van der Waals surface area (Å²) >= 11 is 0. The van der Waals surface area contributed by atoms with Gasteiger partial charge in [0.1, 0.15) is 18.1 Å². The smallest absolute Gasteiger partial charge is 0.165 e. The summed E-state index contributed by atoms with van der Waals surface area (Å²) in [4.78, 5) is 0. The number of hydrogen-bond donors (Lipinski definition) is 2. The van der Waals surface area contributed by atoms with Crippen molar-refractivity contribution in [1.29, 1.82) is 0 Å². The third kappa shape index (κ3) is 4.20. The Balaban J connectivity index is 1.69. The Bertz CT molecular complexity index is 910. The number of rotatable bonds is 6. The fourth-order valence-electron chi connectivity index (χ4n) is 2.89. The molecular weight excluding hydrogens is 347 g/mol. The van der Waals surface area contributed by atoms with Gasteiger partial charge in [-0.25, -0.2) is 4.39 Å². The summed E-state index contributed by atoms with van der Waals surface area (Å²) in [5, 5.41) is 19.3. The fraction of sp³-hybridized carbons (Fsp3) is 0.182. The number of aryl methyl sites for hydroxylation is 1. The van der Waals surface area contributed by atoms with Crippen molar-refractivity contribution in [2.24, 2.45) is 0 Å². The monoisotopic (exact) mass is 368 g/mol. The van der Waals surface area contributed by atoms with Crippen LogP contribution in [0.1, 0.15) is 12.0 Å². The number of benzene rings is 2.